The number of carbonyl (C=O) groups excluding carboxylic acids is 2. The zero-order valence-electron chi connectivity index (χ0n) is 18.3. The molecule has 14 atom stereocenters. The lowest BCUT2D eigenvalue weighted by molar-refractivity contribution is -0.221. The summed E-state index contributed by atoms with van der Waals surface area (Å²) in [5.41, 5.74) is -2.75. The second-order valence-electron chi connectivity index (χ2n) is 10.2. The van der Waals surface area contributed by atoms with E-state index in [-0.39, 0.29) is 0 Å². The molecule has 3 aliphatic heterocycles. The molecule has 0 aromatic rings. The summed E-state index contributed by atoms with van der Waals surface area (Å²) in [5.74, 6) is -3.83. The van der Waals surface area contributed by atoms with Crippen LogP contribution in [0.5, 0.6) is 0 Å². The van der Waals surface area contributed by atoms with E-state index in [2.05, 4.69) is 6.58 Å². The molecule has 0 unspecified atom stereocenters. The predicted molar refractivity (Wildman–Crippen MR) is 108 cm³/mol. The normalized spacial score (nSPS) is 58.5. The van der Waals surface area contributed by atoms with Gasteiger partial charge in [-0.2, -0.15) is 0 Å². The van der Waals surface area contributed by atoms with Crippen molar-refractivity contribution >= 4 is 23.5 Å². The molecule has 0 aromatic carbocycles. The minimum Gasteiger partial charge on any atom is -0.459 e. The van der Waals surface area contributed by atoms with Crippen molar-refractivity contribution in [2.75, 3.05) is 0 Å². The minimum atomic E-state index is -2.04. The van der Waals surface area contributed by atoms with E-state index in [0.717, 1.165) is 0 Å². The summed E-state index contributed by atoms with van der Waals surface area (Å²) in [6.45, 7) is 10.2. The van der Waals surface area contributed by atoms with Gasteiger partial charge < -0.3 is 34.3 Å². The lowest BCUT2D eigenvalue weighted by Gasteiger charge is -2.54. The Labute approximate surface area is 190 Å². The number of alkyl halides is 1. The van der Waals surface area contributed by atoms with E-state index in [0.29, 0.717) is 5.57 Å². The average Bonchev–Trinajstić information content (AvgIpc) is 3.64. The molecule has 178 valence electrons. The van der Waals surface area contributed by atoms with Crippen LogP contribution < -0.4 is 0 Å². The smallest absolute Gasteiger partial charge is 0.312 e. The van der Waals surface area contributed by atoms with Gasteiger partial charge in [0.25, 0.3) is 0 Å². The van der Waals surface area contributed by atoms with Crippen molar-refractivity contribution in [3.05, 3.63) is 12.2 Å². The summed E-state index contributed by atoms with van der Waals surface area (Å²) in [5, 5.41) is 33.5. The highest BCUT2D eigenvalue weighted by molar-refractivity contribution is 6.23. The van der Waals surface area contributed by atoms with Gasteiger partial charge in [0.05, 0.1) is 29.6 Å². The third kappa shape index (κ3) is 2.69. The number of ether oxygens (including phenoxy) is 4. The van der Waals surface area contributed by atoms with Gasteiger partial charge in [-0.05, 0) is 18.4 Å². The van der Waals surface area contributed by atoms with Gasteiger partial charge >= 0.3 is 11.9 Å². The fraction of sp³-hybridized carbons (Fsp3) is 0.818. The van der Waals surface area contributed by atoms with Crippen LogP contribution in [-0.2, 0) is 28.5 Å². The third-order valence-corrected chi connectivity index (χ3v) is 9.09. The van der Waals surface area contributed by atoms with Gasteiger partial charge in [0.15, 0.2) is 11.7 Å². The Morgan fingerprint density at radius 2 is 1.84 bits per heavy atom. The predicted octanol–water partition coefficient (Wildman–Crippen LogP) is -0.0833. The van der Waals surface area contributed by atoms with Crippen molar-refractivity contribution in [1.82, 2.24) is 0 Å². The van der Waals surface area contributed by atoms with Crippen LogP contribution >= 0.6 is 11.6 Å². The van der Waals surface area contributed by atoms with E-state index in [1.165, 1.54) is 13.8 Å². The van der Waals surface area contributed by atoms with E-state index in [4.69, 9.17) is 30.5 Å². The molecule has 10 heteroatoms. The average molecular weight is 473 g/mol. The standard InChI is InChI=1S/C22H29ClO9/c1-6-10-17(29-9(4)24)22(28)8(3)20(27)32-18(22)11(23)7(2)13-15(30-13)16(26)21(10,5)19-14(31-19)12(6)25/h6,8,10-19,25-26,28H,2H2,1,3-5H3/t6-,8+,10-,11+,12+,13-,14+,15-,16-,17-,18+,19+,21+,22-/m1/s1. The van der Waals surface area contributed by atoms with E-state index in [1.807, 2.05) is 0 Å². The molecule has 9 nitrogen and oxygen atoms in total. The summed E-state index contributed by atoms with van der Waals surface area (Å²) < 4.78 is 22.8. The van der Waals surface area contributed by atoms with Gasteiger partial charge in [-0.1, -0.05) is 20.4 Å². The molecule has 0 radical (unpaired) electrons. The second-order valence-corrected chi connectivity index (χ2v) is 10.7. The lowest BCUT2D eigenvalue weighted by atomic mass is 9.53. The van der Waals surface area contributed by atoms with E-state index in [1.54, 1.807) is 13.8 Å². The van der Waals surface area contributed by atoms with Crippen molar-refractivity contribution in [2.24, 2.45) is 23.2 Å². The second kappa shape index (κ2) is 6.90. The van der Waals surface area contributed by atoms with Crippen LogP contribution in [0, 0.1) is 23.2 Å². The number of hydrogen-bond donors (Lipinski definition) is 3. The Balaban J connectivity index is 1.73. The van der Waals surface area contributed by atoms with Crippen molar-refractivity contribution in [1.29, 1.82) is 0 Å². The summed E-state index contributed by atoms with van der Waals surface area (Å²) in [4.78, 5) is 24.9. The maximum absolute atomic E-state index is 12.7. The number of hydrogen-bond acceptors (Lipinski definition) is 9. The fourth-order valence-corrected chi connectivity index (χ4v) is 6.96. The number of epoxide rings is 2. The van der Waals surface area contributed by atoms with Crippen molar-refractivity contribution in [3.63, 3.8) is 0 Å². The Bertz CT molecular complexity index is 879. The molecule has 5 rings (SSSR count). The molecule has 5 fully saturated rings. The lowest BCUT2D eigenvalue weighted by Crippen LogP contribution is -2.68. The summed E-state index contributed by atoms with van der Waals surface area (Å²) in [6.07, 6.45) is -6.87. The highest BCUT2D eigenvalue weighted by Gasteiger charge is 2.76. The number of fused-ring (bicyclic) bond motifs is 5. The highest BCUT2D eigenvalue weighted by atomic mass is 35.5. The maximum atomic E-state index is 12.7. The topological polar surface area (TPSA) is 138 Å². The Kier molecular flexibility index (Phi) is 4.86. The van der Waals surface area contributed by atoms with Crippen LogP contribution in [-0.4, -0.2) is 87.1 Å². The Hall–Kier alpha value is -1.23. The first-order valence-electron chi connectivity index (χ1n) is 11.0. The zero-order valence-corrected chi connectivity index (χ0v) is 19.1. The number of esters is 2. The van der Waals surface area contributed by atoms with Crippen LogP contribution in [0.3, 0.4) is 0 Å². The molecule has 5 aliphatic rings. The number of rotatable bonds is 1. The van der Waals surface area contributed by atoms with Gasteiger partial charge in [-0.3, -0.25) is 9.59 Å². The summed E-state index contributed by atoms with van der Waals surface area (Å²) >= 11 is 6.66. The number of carbonyl (C=O) groups is 2. The van der Waals surface area contributed by atoms with Crippen LogP contribution in [0.25, 0.3) is 0 Å². The largest absolute Gasteiger partial charge is 0.459 e. The molecule has 0 bridgehead atoms. The molecular weight excluding hydrogens is 444 g/mol. The van der Waals surface area contributed by atoms with Gasteiger partial charge in [0, 0.05) is 18.3 Å². The first kappa shape index (κ1) is 22.6. The molecule has 2 saturated carbocycles. The van der Waals surface area contributed by atoms with Gasteiger partial charge in [-0.15, -0.1) is 11.6 Å². The van der Waals surface area contributed by atoms with Crippen LogP contribution in [0.1, 0.15) is 27.7 Å². The van der Waals surface area contributed by atoms with Crippen molar-refractivity contribution in [2.45, 2.75) is 87.5 Å². The number of aliphatic hydroxyl groups is 3. The zero-order chi connectivity index (χ0) is 23.5. The molecule has 3 N–H and O–H groups in total. The Morgan fingerprint density at radius 3 is 2.47 bits per heavy atom. The minimum absolute atomic E-state index is 0.363. The number of halogens is 1. The molecule has 3 saturated heterocycles. The molecule has 0 amide bonds. The van der Waals surface area contributed by atoms with Gasteiger partial charge in [0.2, 0.25) is 0 Å². The van der Waals surface area contributed by atoms with Gasteiger partial charge in [-0.25, -0.2) is 0 Å². The van der Waals surface area contributed by atoms with E-state index >= 15 is 0 Å². The molecular formula is C22H29ClO9. The van der Waals surface area contributed by atoms with Crippen LogP contribution in [0.15, 0.2) is 12.2 Å². The summed E-state index contributed by atoms with van der Waals surface area (Å²) in [7, 11) is 0. The molecule has 0 aromatic heterocycles. The third-order valence-electron chi connectivity index (χ3n) is 8.58. The van der Waals surface area contributed by atoms with Gasteiger partial charge in [0.1, 0.15) is 24.4 Å². The first-order chi connectivity index (χ1) is 14.9. The monoisotopic (exact) mass is 472 g/mol. The van der Waals surface area contributed by atoms with E-state index in [9.17, 15) is 24.9 Å². The molecule has 3 heterocycles. The first-order valence-corrected chi connectivity index (χ1v) is 11.4. The SMILES string of the molecule is C=C1[C@H]2O[C@H]2[C@@H](O)[C@]2(C)[C@H]([C@@H](C)[C@H](O)[C@@H]3O[C@@H]32)[C@@H](OC(C)=O)[C@]2(O)[C@@H](C)C(=O)O[C@H]2[C@H]1Cl. The summed E-state index contributed by atoms with van der Waals surface area (Å²) in [6, 6.07) is 0. The fourth-order valence-electron chi connectivity index (χ4n) is 6.58. The van der Waals surface area contributed by atoms with E-state index < -0.39 is 94.9 Å². The quantitative estimate of drug-likeness (QED) is 0.207. The van der Waals surface area contributed by atoms with Crippen molar-refractivity contribution in [3.8, 4) is 0 Å². The maximum Gasteiger partial charge on any atom is 0.312 e. The molecule has 32 heavy (non-hydrogen) atoms. The molecule has 2 aliphatic carbocycles. The van der Waals surface area contributed by atoms with Crippen LogP contribution in [0.2, 0.25) is 0 Å². The van der Waals surface area contributed by atoms with Crippen molar-refractivity contribution < 1.29 is 43.9 Å². The highest BCUT2D eigenvalue weighted by Crippen LogP contribution is 2.62. The Morgan fingerprint density at radius 1 is 1.19 bits per heavy atom. The number of aliphatic hydroxyl groups excluding tert-OH is 2. The van der Waals surface area contributed by atoms with Crippen LogP contribution in [0.4, 0.5) is 0 Å². The molecule has 0 spiro atoms.